The van der Waals surface area contributed by atoms with Crippen molar-refractivity contribution in [3.63, 3.8) is 0 Å². The average Bonchev–Trinajstić information content (AvgIpc) is 2.54. The Hall–Kier alpha value is -1.39. The largest absolute Gasteiger partial charge is 0.352 e. The maximum Gasteiger partial charge on any atom is 0.220 e. The number of nitrogens with two attached hydrogens (primary N) is 1. The van der Waals surface area contributed by atoms with E-state index in [1.165, 1.54) is 31.5 Å². The highest BCUT2D eigenvalue weighted by atomic mass is 16.1. The van der Waals surface area contributed by atoms with Crippen LogP contribution in [-0.4, -0.2) is 30.4 Å². The number of nitrogens with one attached hydrogen (secondary N) is 1. The van der Waals surface area contributed by atoms with Gasteiger partial charge >= 0.3 is 0 Å². The van der Waals surface area contributed by atoms with Crippen LogP contribution in [0, 0.1) is 5.92 Å². The molecule has 0 aromatic heterocycles. The van der Waals surface area contributed by atoms with E-state index in [9.17, 15) is 4.79 Å². The summed E-state index contributed by atoms with van der Waals surface area (Å²) in [6.07, 6.45) is 3.89. The summed E-state index contributed by atoms with van der Waals surface area (Å²) in [6, 6.07) is 8.59. The highest BCUT2D eigenvalue weighted by Crippen LogP contribution is 2.18. The van der Waals surface area contributed by atoms with Crippen molar-refractivity contribution in [2.45, 2.75) is 45.7 Å². The van der Waals surface area contributed by atoms with Crippen molar-refractivity contribution in [1.29, 1.82) is 0 Å². The zero-order chi connectivity index (χ0) is 15.8. The quantitative estimate of drug-likeness (QED) is 0.812. The van der Waals surface area contributed by atoms with E-state index < -0.39 is 0 Å². The zero-order valence-corrected chi connectivity index (χ0v) is 13.7. The number of hydrogen-bond donors (Lipinski definition) is 2. The lowest BCUT2D eigenvalue weighted by Crippen LogP contribution is -2.32. The average molecular weight is 303 g/mol. The number of amides is 1. The molecule has 1 aliphatic rings. The summed E-state index contributed by atoms with van der Waals surface area (Å²) >= 11 is 0. The van der Waals surface area contributed by atoms with Crippen LogP contribution in [0.5, 0.6) is 0 Å². The van der Waals surface area contributed by atoms with Gasteiger partial charge in [-0.2, -0.15) is 0 Å². The Bertz CT molecular complexity index is 450. The first-order valence-electron chi connectivity index (χ1n) is 8.44. The fourth-order valence-electron chi connectivity index (χ4n) is 2.79. The molecule has 1 aromatic carbocycles. The number of carbonyl (C=O) groups excluding carboxylic acids is 1. The number of likely N-dealkylation sites (tertiary alicyclic amines) is 1. The third-order valence-corrected chi connectivity index (χ3v) is 4.40. The highest BCUT2D eigenvalue weighted by molar-refractivity contribution is 5.75. The molecule has 4 heteroatoms. The maximum atomic E-state index is 11.6. The molecular formula is C18H29N3O. The predicted octanol–water partition coefficient (Wildman–Crippen LogP) is 2.27. The van der Waals surface area contributed by atoms with Crippen LogP contribution in [-0.2, 0) is 17.9 Å². The second-order valence-corrected chi connectivity index (χ2v) is 6.44. The Morgan fingerprint density at radius 3 is 2.50 bits per heavy atom. The van der Waals surface area contributed by atoms with Crippen LogP contribution < -0.4 is 11.1 Å². The van der Waals surface area contributed by atoms with Gasteiger partial charge in [-0.1, -0.05) is 31.2 Å². The third kappa shape index (κ3) is 5.78. The standard InChI is InChI=1S/C18H29N3O/c1-15-8-11-21(12-9-15)14-17-6-4-16(5-7-17)13-20-18(22)3-2-10-19/h4-7,15H,2-3,8-14,19H2,1H3,(H,20,22). The fourth-order valence-corrected chi connectivity index (χ4v) is 2.79. The first kappa shape index (κ1) is 17.0. The summed E-state index contributed by atoms with van der Waals surface area (Å²) in [5, 5.41) is 2.93. The second-order valence-electron chi connectivity index (χ2n) is 6.44. The van der Waals surface area contributed by atoms with E-state index in [1.807, 2.05) is 0 Å². The van der Waals surface area contributed by atoms with Crippen LogP contribution in [0.15, 0.2) is 24.3 Å². The molecule has 0 bridgehead atoms. The molecule has 4 nitrogen and oxygen atoms in total. The molecule has 0 radical (unpaired) electrons. The van der Waals surface area contributed by atoms with Crippen LogP contribution in [0.4, 0.5) is 0 Å². The van der Waals surface area contributed by atoms with Crippen LogP contribution in [0.1, 0.15) is 43.7 Å². The van der Waals surface area contributed by atoms with Gasteiger partial charge < -0.3 is 11.1 Å². The van der Waals surface area contributed by atoms with Crippen LogP contribution >= 0.6 is 0 Å². The van der Waals surface area contributed by atoms with E-state index >= 15 is 0 Å². The van der Waals surface area contributed by atoms with Crippen molar-refractivity contribution in [2.24, 2.45) is 11.7 Å². The molecule has 0 unspecified atom stereocenters. The van der Waals surface area contributed by atoms with E-state index in [1.54, 1.807) is 0 Å². The molecule has 0 aliphatic carbocycles. The van der Waals surface area contributed by atoms with Crippen molar-refractivity contribution in [2.75, 3.05) is 19.6 Å². The van der Waals surface area contributed by atoms with E-state index in [0.717, 1.165) is 24.4 Å². The molecule has 1 amide bonds. The monoisotopic (exact) mass is 303 g/mol. The van der Waals surface area contributed by atoms with Gasteiger partial charge in [-0.25, -0.2) is 0 Å². The summed E-state index contributed by atoms with van der Waals surface area (Å²) in [5.41, 5.74) is 7.91. The molecular weight excluding hydrogens is 274 g/mol. The molecule has 1 heterocycles. The van der Waals surface area contributed by atoms with Crippen LogP contribution in [0.25, 0.3) is 0 Å². The maximum absolute atomic E-state index is 11.6. The number of piperidine rings is 1. The molecule has 1 aliphatic heterocycles. The molecule has 122 valence electrons. The minimum atomic E-state index is 0.0805. The lowest BCUT2D eigenvalue weighted by molar-refractivity contribution is -0.121. The normalized spacial score (nSPS) is 16.6. The van der Waals surface area contributed by atoms with E-state index in [0.29, 0.717) is 19.5 Å². The summed E-state index contributed by atoms with van der Waals surface area (Å²) in [4.78, 5) is 14.1. The number of hydrogen-bond acceptors (Lipinski definition) is 3. The fraction of sp³-hybridized carbons (Fsp3) is 0.611. The van der Waals surface area contributed by atoms with Gasteiger partial charge in [-0.3, -0.25) is 9.69 Å². The summed E-state index contributed by atoms with van der Waals surface area (Å²) in [7, 11) is 0. The van der Waals surface area contributed by atoms with Crippen LogP contribution in [0.3, 0.4) is 0 Å². The van der Waals surface area contributed by atoms with Gasteiger partial charge in [-0.05, 0) is 55.9 Å². The number of benzene rings is 1. The van der Waals surface area contributed by atoms with Gasteiger partial charge in [0, 0.05) is 19.5 Å². The lowest BCUT2D eigenvalue weighted by atomic mass is 9.99. The molecule has 1 aromatic rings. The smallest absolute Gasteiger partial charge is 0.220 e. The molecule has 1 fully saturated rings. The number of rotatable bonds is 7. The minimum absolute atomic E-state index is 0.0805. The molecule has 2 rings (SSSR count). The number of nitrogens with zero attached hydrogens (tertiary/aromatic N) is 1. The first-order chi connectivity index (χ1) is 10.7. The Morgan fingerprint density at radius 2 is 1.86 bits per heavy atom. The molecule has 22 heavy (non-hydrogen) atoms. The molecule has 1 saturated heterocycles. The van der Waals surface area contributed by atoms with Crippen molar-refractivity contribution in [3.05, 3.63) is 35.4 Å². The van der Waals surface area contributed by atoms with Crippen molar-refractivity contribution in [1.82, 2.24) is 10.2 Å². The minimum Gasteiger partial charge on any atom is -0.352 e. The SMILES string of the molecule is CC1CCN(Cc2ccc(CNC(=O)CCCN)cc2)CC1. The summed E-state index contributed by atoms with van der Waals surface area (Å²) in [6.45, 7) is 6.96. The molecule has 0 saturated carbocycles. The van der Waals surface area contributed by atoms with E-state index in [2.05, 4.69) is 41.4 Å². The van der Waals surface area contributed by atoms with E-state index in [-0.39, 0.29) is 5.91 Å². The Labute approximate surface area is 134 Å². The third-order valence-electron chi connectivity index (χ3n) is 4.40. The lowest BCUT2D eigenvalue weighted by Gasteiger charge is -2.30. The molecule has 0 atom stereocenters. The van der Waals surface area contributed by atoms with Crippen LogP contribution in [0.2, 0.25) is 0 Å². The first-order valence-corrected chi connectivity index (χ1v) is 8.44. The van der Waals surface area contributed by atoms with Gasteiger partial charge in [0.2, 0.25) is 5.91 Å². The predicted molar refractivity (Wildman–Crippen MR) is 90.3 cm³/mol. The highest BCUT2D eigenvalue weighted by Gasteiger charge is 2.15. The van der Waals surface area contributed by atoms with E-state index in [4.69, 9.17) is 5.73 Å². The van der Waals surface area contributed by atoms with Gasteiger partial charge in [-0.15, -0.1) is 0 Å². The van der Waals surface area contributed by atoms with Crippen molar-refractivity contribution < 1.29 is 4.79 Å². The Balaban J connectivity index is 1.74. The van der Waals surface area contributed by atoms with Gasteiger partial charge in [0.05, 0.1) is 0 Å². The van der Waals surface area contributed by atoms with Gasteiger partial charge in [0.25, 0.3) is 0 Å². The second kappa shape index (κ2) is 8.91. The van der Waals surface area contributed by atoms with Gasteiger partial charge in [0.15, 0.2) is 0 Å². The molecule has 0 spiro atoms. The topological polar surface area (TPSA) is 58.4 Å². The Morgan fingerprint density at radius 1 is 1.23 bits per heavy atom. The van der Waals surface area contributed by atoms with Gasteiger partial charge in [0.1, 0.15) is 0 Å². The van der Waals surface area contributed by atoms with Crippen molar-refractivity contribution >= 4 is 5.91 Å². The molecule has 3 N–H and O–H groups in total. The number of carbonyl (C=O) groups is 1. The summed E-state index contributed by atoms with van der Waals surface area (Å²) < 4.78 is 0. The van der Waals surface area contributed by atoms with Crippen molar-refractivity contribution in [3.8, 4) is 0 Å². The summed E-state index contributed by atoms with van der Waals surface area (Å²) in [5.74, 6) is 0.957. The zero-order valence-electron chi connectivity index (χ0n) is 13.7. The Kier molecular flexibility index (Phi) is 6.87.